The van der Waals surface area contributed by atoms with Gasteiger partial charge in [-0.15, -0.1) is 0 Å². The first kappa shape index (κ1) is 15.3. The normalized spacial score (nSPS) is 26.1. The smallest absolute Gasteiger partial charge is 0.00964 e. The molecule has 0 aromatic carbocycles. The van der Waals surface area contributed by atoms with E-state index in [0.717, 1.165) is 23.8 Å². The van der Waals surface area contributed by atoms with Gasteiger partial charge >= 0.3 is 0 Å². The molecule has 1 aliphatic heterocycles. The lowest BCUT2D eigenvalue weighted by Gasteiger charge is -2.31. The van der Waals surface area contributed by atoms with E-state index in [1.54, 1.807) is 0 Å². The average molecular weight is 266 g/mol. The molecule has 1 N–H and O–H groups in total. The van der Waals surface area contributed by atoms with Crippen LogP contribution in [0, 0.1) is 17.8 Å². The maximum absolute atomic E-state index is 3.56. The van der Waals surface area contributed by atoms with E-state index in [1.807, 2.05) is 0 Å². The molecule has 2 unspecified atom stereocenters. The lowest BCUT2D eigenvalue weighted by atomic mass is 9.85. The third-order valence-electron chi connectivity index (χ3n) is 5.07. The van der Waals surface area contributed by atoms with E-state index in [-0.39, 0.29) is 0 Å². The number of piperidine rings is 1. The van der Waals surface area contributed by atoms with Crippen molar-refractivity contribution < 1.29 is 0 Å². The summed E-state index contributed by atoms with van der Waals surface area (Å²) in [4.78, 5) is 2.78. The summed E-state index contributed by atoms with van der Waals surface area (Å²) in [7, 11) is 0. The standard InChI is InChI=1S/C17H34N2/c1-14(2)8-11-19(17-6-7-17)12-9-15(3)16-5-4-10-18-13-16/h14-18H,4-13H2,1-3H3. The first-order chi connectivity index (χ1) is 9.16. The molecule has 0 amide bonds. The van der Waals surface area contributed by atoms with Crippen LogP contribution in [0.15, 0.2) is 0 Å². The highest BCUT2D eigenvalue weighted by molar-refractivity contribution is 4.85. The van der Waals surface area contributed by atoms with Gasteiger partial charge in [0.05, 0.1) is 0 Å². The van der Waals surface area contributed by atoms with E-state index in [2.05, 4.69) is 31.0 Å². The van der Waals surface area contributed by atoms with Crippen molar-refractivity contribution >= 4 is 0 Å². The fourth-order valence-corrected chi connectivity index (χ4v) is 3.31. The highest BCUT2D eigenvalue weighted by atomic mass is 15.2. The van der Waals surface area contributed by atoms with Crippen LogP contribution in [0.3, 0.4) is 0 Å². The quantitative estimate of drug-likeness (QED) is 0.723. The molecule has 0 radical (unpaired) electrons. The number of rotatable bonds is 8. The second kappa shape index (κ2) is 7.64. The lowest BCUT2D eigenvalue weighted by Crippen LogP contribution is -2.35. The number of nitrogens with zero attached hydrogens (tertiary/aromatic N) is 1. The highest BCUT2D eigenvalue weighted by Crippen LogP contribution is 2.29. The maximum Gasteiger partial charge on any atom is 0.00964 e. The van der Waals surface area contributed by atoms with E-state index in [9.17, 15) is 0 Å². The van der Waals surface area contributed by atoms with Crippen molar-refractivity contribution in [3.8, 4) is 0 Å². The molecule has 2 rings (SSSR count). The Labute approximate surface area is 120 Å². The minimum Gasteiger partial charge on any atom is -0.316 e. The predicted octanol–water partition coefficient (Wildman–Crippen LogP) is 3.52. The molecule has 1 aliphatic carbocycles. The molecule has 112 valence electrons. The van der Waals surface area contributed by atoms with Gasteiger partial charge in [0.25, 0.3) is 0 Å². The largest absolute Gasteiger partial charge is 0.316 e. The number of hydrogen-bond acceptors (Lipinski definition) is 2. The third-order valence-corrected chi connectivity index (χ3v) is 5.07. The van der Waals surface area contributed by atoms with Crippen molar-refractivity contribution in [3.63, 3.8) is 0 Å². The van der Waals surface area contributed by atoms with Gasteiger partial charge in [-0.1, -0.05) is 20.8 Å². The van der Waals surface area contributed by atoms with Crippen LogP contribution in [-0.4, -0.2) is 37.1 Å². The summed E-state index contributed by atoms with van der Waals surface area (Å²) >= 11 is 0. The predicted molar refractivity (Wildman–Crippen MR) is 83.4 cm³/mol. The van der Waals surface area contributed by atoms with Gasteiger partial charge in [0.1, 0.15) is 0 Å². The molecule has 0 spiro atoms. The van der Waals surface area contributed by atoms with Crippen LogP contribution in [-0.2, 0) is 0 Å². The zero-order valence-electron chi connectivity index (χ0n) is 13.3. The first-order valence-corrected chi connectivity index (χ1v) is 8.61. The molecule has 0 aromatic rings. The zero-order chi connectivity index (χ0) is 13.7. The average Bonchev–Trinajstić information content (AvgIpc) is 3.23. The molecule has 1 saturated carbocycles. The lowest BCUT2D eigenvalue weighted by molar-refractivity contribution is 0.199. The zero-order valence-corrected chi connectivity index (χ0v) is 13.3. The molecule has 2 aliphatic rings. The molecule has 19 heavy (non-hydrogen) atoms. The molecule has 2 fully saturated rings. The van der Waals surface area contributed by atoms with E-state index >= 15 is 0 Å². The van der Waals surface area contributed by atoms with Crippen LogP contribution in [0.1, 0.15) is 59.3 Å². The molecular weight excluding hydrogens is 232 g/mol. The molecule has 0 aromatic heterocycles. The highest BCUT2D eigenvalue weighted by Gasteiger charge is 2.29. The Morgan fingerprint density at radius 2 is 1.79 bits per heavy atom. The van der Waals surface area contributed by atoms with Gasteiger partial charge in [-0.25, -0.2) is 0 Å². The van der Waals surface area contributed by atoms with Crippen molar-refractivity contribution in [1.82, 2.24) is 10.2 Å². The summed E-state index contributed by atoms with van der Waals surface area (Å²) in [5.74, 6) is 2.68. The maximum atomic E-state index is 3.56. The summed E-state index contributed by atoms with van der Waals surface area (Å²) in [6.07, 6.45) is 8.52. The second-order valence-electron chi connectivity index (χ2n) is 7.32. The van der Waals surface area contributed by atoms with Gasteiger partial charge in [-0.2, -0.15) is 0 Å². The summed E-state index contributed by atoms with van der Waals surface area (Å²) in [6.45, 7) is 12.4. The molecule has 0 bridgehead atoms. The second-order valence-corrected chi connectivity index (χ2v) is 7.32. The minimum absolute atomic E-state index is 0.848. The Morgan fingerprint density at radius 3 is 2.37 bits per heavy atom. The third kappa shape index (κ3) is 5.43. The monoisotopic (exact) mass is 266 g/mol. The van der Waals surface area contributed by atoms with Gasteiger partial charge in [-0.05, 0) is 82.5 Å². The molecule has 2 heteroatoms. The topological polar surface area (TPSA) is 15.3 Å². The Hall–Kier alpha value is -0.0800. The van der Waals surface area contributed by atoms with Crippen LogP contribution < -0.4 is 5.32 Å². The van der Waals surface area contributed by atoms with Crippen molar-refractivity contribution in [3.05, 3.63) is 0 Å². The van der Waals surface area contributed by atoms with Gasteiger partial charge in [-0.3, -0.25) is 0 Å². The summed E-state index contributed by atoms with van der Waals surface area (Å²) in [5, 5.41) is 3.56. The van der Waals surface area contributed by atoms with Crippen LogP contribution in [0.2, 0.25) is 0 Å². The summed E-state index contributed by atoms with van der Waals surface area (Å²) in [5.41, 5.74) is 0. The van der Waals surface area contributed by atoms with Crippen molar-refractivity contribution in [1.29, 1.82) is 0 Å². The van der Waals surface area contributed by atoms with Gasteiger partial charge in [0, 0.05) is 6.04 Å². The summed E-state index contributed by atoms with van der Waals surface area (Å²) in [6, 6.07) is 0.940. The molecule has 1 heterocycles. The Morgan fingerprint density at radius 1 is 1.05 bits per heavy atom. The number of hydrogen-bond donors (Lipinski definition) is 1. The molecule has 2 atom stereocenters. The van der Waals surface area contributed by atoms with Crippen molar-refractivity contribution in [2.24, 2.45) is 17.8 Å². The minimum atomic E-state index is 0.848. The fraction of sp³-hybridized carbons (Fsp3) is 1.00. The van der Waals surface area contributed by atoms with E-state index in [1.165, 1.54) is 64.7 Å². The summed E-state index contributed by atoms with van der Waals surface area (Å²) < 4.78 is 0. The first-order valence-electron chi connectivity index (χ1n) is 8.61. The molecule has 2 nitrogen and oxygen atoms in total. The van der Waals surface area contributed by atoms with E-state index < -0.39 is 0 Å². The van der Waals surface area contributed by atoms with Gasteiger partial charge in [0.15, 0.2) is 0 Å². The van der Waals surface area contributed by atoms with Crippen LogP contribution in [0.25, 0.3) is 0 Å². The van der Waals surface area contributed by atoms with Crippen LogP contribution in [0.5, 0.6) is 0 Å². The Balaban J connectivity index is 1.68. The fourth-order valence-electron chi connectivity index (χ4n) is 3.31. The molecule has 1 saturated heterocycles. The SMILES string of the molecule is CC(C)CCN(CCC(C)C1CCCNC1)C1CC1. The van der Waals surface area contributed by atoms with Crippen LogP contribution in [0.4, 0.5) is 0 Å². The van der Waals surface area contributed by atoms with E-state index in [0.29, 0.717) is 0 Å². The van der Waals surface area contributed by atoms with Crippen LogP contribution >= 0.6 is 0 Å². The van der Waals surface area contributed by atoms with Crippen molar-refractivity contribution in [2.75, 3.05) is 26.2 Å². The molecular formula is C17H34N2. The Kier molecular flexibility index (Phi) is 6.15. The van der Waals surface area contributed by atoms with E-state index in [4.69, 9.17) is 0 Å². The van der Waals surface area contributed by atoms with Gasteiger partial charge < -0.3 is 10.2 Å². The van der Waals surface area contributed by atoms with Gasteiger partial charge in [0.2, 0.25) is 0 Å². The number of nitrogens with one attached hydrogen (secondary N) is 1. The van der Waals surface area contributed by atoms with Crippen molar-refractivity contribution in [2.45, 2.75) is 65.3 Å². The Bertz CT molecular complexity index is 242.